The van der Waals surface area contributed by atoms with Gasteiger partial charge in [0.15, 0.2) is 11.5 Å². The molecule has 7 heteroatoms. The second kappa shape index (κ2) is 9.93. The molecule has 3 aromatic rings. The third-order valence-corrected chi connectivity index (χ3v) is 5.30. The van der Waals surface area contributed by atoms with Gasteiger partial charge < -0.3 is 19.7 Å². The zero-order chi connectivity index (χ0) is 21.5. The van der Waals surface area contributed by atoms with Crippen LogP contribution < -0.4 is 14.8 Å². The van der Waals surface area contributed by atoms with Gasteiger partial charge in [-0.3, -0.25) is 9.59 Å². The lowest BCUT2D eigenvalue weighted by Gasteiger charge is -2.19. The first-order chi connectivity index (χ1) is 14.5. The molecule has 0 unspecified atom stereocenters. The molecule has 0 saturated carbocycles. The molecule has 2 amide bonds. The van der Waals surface area contributed by atoms with Gasteiger partial charge in [-0.05, 0) is 60.3 Å². The molecule has 156 valence electrons. The minimum Gasteiger partial charge on any atom is -0.493 e. The molecule has 0 bridgehead atoms. The van der Waals surface area contributed by atoms with Gasteiger partial charge in [0.2, 0.25) is 0 Å². The second-order valence-electron chi connectivity index (χ2n) is 6.59. The Hall–Kier alpha value is -3.32. The van der Waals surface area contributed by atoms with E-state index in [1.165, 1.54) is 11.3 Å². The quantitative estimate of drug-likeness (QED) is 0.570. The predicted octanol–water partition coefficient (Wildman–Crippen LogP) is 4.68. The number of rotatable bonds is 8. The van der Waals surface area contributed by atoms with Crippen molar-refractivity contribution in [2.24, 2.45) is 0 Å². The average Bonchev–Trinajstić information content (AvgIpc) is 3.30. The van der Waals surface area contributed by atoms with Crippen LogP contribution in [0.4, 0.5) is 5.69 Å². The third kappa shape index (κ3) is 5.18. The van der Waals surface area contributed by atoms with Crippen LogP contribution >= 0.6 is 11.3 Å². The second-order valence-corrected chi connectivity index (χ2v) is 7.54. The van der Waals surface area contributed by atoms with Crippen molar-refractivity contribution in [3.63, 3.8) is 0 Å². The van der Waals surface area contributed by atoms with Crippen LogP contribution in [0, 0.1) is 0 Å². The molecular formula is C23H24N2O4S. The lowest BCUT2D eigenvalue weighted by atomic mass is 10.1. The number of methoxy groups -OCH3 is 1. The highest BCUT2D eigenvalue weighted by Crippen LogP contribution is 2.28. The zero-order valence-corrected chi connectivity index (χ0v) is 18.0. The summed E-state index contributed by atoms with van der Waals surface area (Å²) in [6.07, 6.45) is 0. The molecule has 0 atom stereocenters. The van der Waals surface area contributed by atoms with E-state index >= 15 is 0 Å². The third-order valence-electron chi connectivity index (χ3n) is 4.43. The number of thiophene rings is 1. The lowest BCUT2D eigenvalue weighted by Crippen LogP contribution is -2.26. The van der Waals surface area contributed by atoms with Crippen LogP contribution in [0.5, 0.6) is 11.5 Å². The number of anilines is 1. The Kier molecular flexibility index (Phi) is 7.08. The summed E-state index contributed by atoms with van der Waals surface area (Å²) in [5.41, 5.74) is 2.12. The number of carbonyl (C=O) groups excluding carboxylic acids is 2. The molecule has 3 rings (SSSR count). The van der Waals surface area contributed by atoms with Gasteiger partial charge in [0.1, 0.15) is 0 Å². The van der Waals surface area contributed by atoms with E-state index in [1.807, 2.05) is 36.6 Å². The van der Waals surface area contributed by atoms with Crippen LogP contribution in [-0.4, -0.2) is 37.5 Å². The summed E-state index contributed by atoms with van der Waals surface area (Å²) in [7, 11) is 3.34. The number of hydrogen-bond acceptors (Lipinski definition) is 5. The highest BCUT2D eigenvalue weighted by atomic mass is 32.1. The van der Waals surface area contributed by atoms with Gasteiger partial charge in [-0.25, -0.2) is 0 Å². The van der Waals surface area contributed by atoms with Gasteiger partial charge in [0, 0.05) is 24.8 Å². The van der Waals surface area contributed by atoms with Gasteiger partial charge in [-0.2, -0.15) is 0 Å². The maximum atomic E-state index is 12.8. The van der Waals surface area contributed by atoms with Crippen molar-refractivity contribution >= 4 is 28.8 Å². The molecule has 2 aromatic carbocycles. The monoisotopic (exact) mass is 424 g/mol. The predicted molar refractivity (Wildman–Crippen MR) is 119 cm³/mol. The summed E-state index contributed by atoms with van der Waals surface area (Å²) in [5.74, 6) is 1.04. The first-order valence-corrected chi connectivity index (χ1v) is 10.4. The van der Waals surface area contributed by atoms with Gasteiger partial charge in [-0.15, -0.1) is 11.3 Å². The molecule has 30 heavy (non-hydrogen) atoms. The average molecular weight is 425 g/mol. The first-order valence-electron chi connectivity index (χ1n) is 9.52. The number of ether oxygens (including phenoxy) is 2. The SMILES string of the molecule is CCOc1ccc(CN(C)C(=O)c2ccc(NC(=O)c3cccs3)cc2)cc1OC. The largest absolute Gasteiger partial charge is 0.493 e. The molecule has 0 aliphatic rings. The molecule has 0 spiro atoms. The van der Waals surface area contributed by atoms with Crippen LogP contribution in [0.2, 0.25) is 0 Å². The minimum atomic E-state index is -0.161. The van der Waals surface area contributed by atoms with E-state index in [-0.39, 0.29) is 11.8 Å². The van der Waals surface area contributed by atoms with Crippen LogP contribution in [-0.2, 0) is 6.54 Å². The number of hydrogen-bond donors (Lipinski definition) is 1. The summed E-state index contributed by atoms with van der Waals surface area (Å²) >= 11 is 1.38. The molecule has 1 N–H and O–H groups in total. The van der Waals surface area contributed by atoms with Crippen LogP contribution in [0.25, 0.3) is 0 Å². The highest BCUT2D eigenvalue weighted by molar-refractivity contribution is 7.12. The maximum absolute atomic E-state index is 12.8. The normalized spacial score (nSPS) is 10.4. The maximum Gasteiger partial charge on any atom is 0.265 e. The van der Waals surface area contributed by atoms with Gasteiger partial charge in [-0.1, -0.05) is 12.1 Å². The molecule has 0 aliphatic carbocycles. The summed E-state index contributed by atoms with van der Waals surface area (Å²) in [6, 6.07) is 16.1. The van der Waals surface area contributed by atoms with Gasteiger partial charge in [0.25, 0.3) is 11.8 Å². The first kappa shape index (κ1) is 21.4. The number of nitrogens with zero attached hydrogens (tertiary/aromatic N) is 1. The van der Waals surface area contributed by atoms with Crippen LogP contribution in [0.1, 0.15) is 32.5 Å². The Morgan fingerprint density at radius 3 is 2.47 bits per heavy atom. The molecule has 1 aromatic heterocycles. The van der Waals surface area contributed by atoms with E-state index in [2.05, 4.69) is 5.32 Å². The minimum absolute atomic E-state index is 0.112. The van der Waals surface area contributed by atoms with E-state index in [0.29, 0.717) is 40.8 Å². The van der Waals surface area contributed by atoms with Crippen molar-refractivity contribution in [3.05, 3.63) is 76.0 Å². The van der Waals surface area contributed by atoms with Crippen molar-refractivity contribution < 1.29 is 19.1 Å². The van der Waals surface area contributed by atoms with E-state index in [4.69, 9.17) is 9.47 Å². The summed E-state index contributed by atoms with van der Waals surface area (Å²) in [5, 5.41) is 4.68. The molecular weight excluding hydrogens is 400 g/mol. The molecule has 6 nitrogen and oxygen atoms in total. The zero-order valence-electron chi connectivity index (χ0n) is 17.2. The lowest BCUT2D eigenvalue weighted by molar-refractivity contribution is 0.0785. The standard InChI is InChI=1S/C23H24N2O4S/c1-4-29-19-12-7-16(14-20(19)28-3)15-25(2)23(27)17-8-10-18(11-9-17)24-22(26)21-6-5-13-30-21/h5-14H,4,15H2,1-3H3,(H,24,26). The molecule has 0 saturated heterocycles. The Morgan fingerprint density at radius 1 is 1.07 bits per heavy atom. The van der Waals surface area contributed by atoms with Crippen molar-refractivity contribution in [2.45, 2.75) is 13.5 Å². The molecule has 0 fully saturated rings. The Labute approximate surface area is 180 Å². The van der Waals surface area contributed by atoms with Crippen LogP contribution in [0.3, 0.4) is 0 Å². The van der Waals surface area contributed by atoms with E-state index in [9.17, 15) is 9.59 Å². The fourth-order valence-corrected chi connectivity index (χ4v) is 3.57. The highest BCUT2D eigenvalue weighted by Gasteiger charge is 2.14. The van der Waals surface area contributed by atoms with Crippen LogP contribution in [0.15, 0.2) is 60.0 Å². The fourth-order valence-electron chi connectivity index (χ4n) is 2.95. The summed E-state index contributed by atoms with van der Waals surface area (Å²) in [4.78, 5) is 27.2. The summed E-state index contributed by atoms with van der Waals surface area (Å²) < 4.78 is 10.9. The van der Waals surface area contributed by atoms with E-state index in [1.54, 1.807) is 49.4 Å². The molecule has 0 aliphatic heterocycles. The van der Waals surface area contributed by atoms with Crippen molar-refractivity contribution in [1.82, 2.24) is 4.90 Å². The van der Waals surface area contributed by atoms with Crippen molar-refractivity contribution in [1.29, 1.82) is 0 Å². The van der Waals surface area contributed by atoms with Crippen molar-refractivity contribution in [3.8, 4) is 11.5 Å². The fraction of sp³-hybridized carbons (Fsp3) is 0.217. The smallest absolute Gasteiger partial charge is 0.265 e. The Balaban J connectivity index is 1.63. The Bertz CT molecular complexity index is 1000. The number of benzene rings is 2. The number of amides is 2. The topological polar surface area (TPSA) is 67.9 Å². The van der Waals surface area contributed by atoms with Gasteiger partial charge in [0.05, 0.1) is 18.6 Å². The molecule has 1 heterocycles. The van der Waals surface area contributed by atoms with E-state index < -0.39 is 0 Å². The molecule has 0 radical (unpaired) electrons. The summed E-state index contributed by atoms with van der Waals surface area (Å²) in [6.45, 7) is 2.90. The van der Waals surface area contributed by atoms with E-state index in [0.717, 1.165) is 5.56 Å². The number of nitrogens with one attached hydrogen (secondary N) is 1. The Morgan fingerprint density at radius 2 is 1.83 bits per heavy atom. The number of carbonyl (C=O) groups is 2. The van der Waals surface area contributed by atoms with Gasteiger partial charge >= 0.3 is 0 Å². The van der Waals surface area contributed by atoms with Crippen molar-refractivity contribution in [2.75, 3.05) is 26.1 Å².